The molecule has 0 spiro atoms. The van der Waals surface area contributed by atoms with E-state index in [0.717, 1.165) is 38.5 Å². The molecule has 3 saturated carbocycles. The molecule has 0 aromatic carbocycles. The maximum Gasteiger partial charge on any atom is 0.311 e. The van der Waals surface area contributed by atoms with E-state index in [0.29, 0.717) is 34.3 Å². The first-order chi connectivity index (χ1) is 13.0. The van der Waals surface area contributed by atoms with Crippen LogP contribution in [0.3, 0.4) is 0 Å². The Kier molecular flexibility index (Phi) is 4.62. The molecular formula is C20H23ClN2O4. The van der Waals surface area contributed by atoms with Gasteiger partial charge in [0.15, 0.2) is 5.75 Å². The highest BCUT2D eigenvalue weighted by atomic mass is 35.5. The molecule has 2 heterocycles. The summed E-state index contributed by atoms with van der Waals surface area (Å²) in [6, 6.07) is 3.61. The number of hydrogen-bond donors (Lipinski definition) is 0. The average molecular weight is 391 g/mol. The summed E-state index contributed by atoms with van der Waals surface area (Å²) in [5.74, 6) is 0.981. The Hall–Kier alpha value is -2.08. The van der Waals surface area contributed by atoms with Crippen LogP contribution in [0.5, 0.6) is 11.6 Å². The van der Waals surface area contributed by atoms with E-state index >= 15 is 0 Å². The monoisotopic (exact) mass is 390 g/mol. The molecular weight excluding hydrogens is 368 g/mol. The maximum atomic E-state index is 12.2. The smallest absolute Gasteiger partial charge is 0.311 e. The van der Waals surface area contributed by atoms with Crippen molar-refractivity contribution < 1.29 is 19.0 Å². The predicted molar refractivity (Wildman–Crippen MR) is 101 cm³/mol. The van der Waals surface area contributed by atoms with Crippen LogP contribution in [0.2, 0.25) is 5.02 Å². The van der Waals surface area contributed by atoms with Gasteiger partial charge in [-0.25, -0.2) is 4.98 Å². The van der Waals surface area contributed by atoms with Gasteiger partial charge in [-0.1, -0.05) is 11.6 Å². The van der Waals surface area contributed by atoms with Crippen LogP contribution < -0.4 is 9.47 Å². The fourth-order valence-electron chi connectivity index (χ4n) is 4.48. The van der Waals surface area contributed by atoms with Crippen LogP contribution in [0, 0.1) is 10.8 Å². The van der Waals surface area contributed by atoms with Gasteiger partial charge in [-0.2, -0.15) is 0 Å². The van der Waals surface area contributed by atoms with Gasteiger partial charge >= 0.3 is 5.97 Å². The molecule has 2 aromatic rings. The first kappa shape index (κ1) is 18.3. The molecule has 27 heavy (non-hydrogen) atoms. The van der Waals surface area contributed by atoms with Gasteiger partial charge < -0.3 is 14.2 Å². The minimum Gasteiger partial charge on any atom is -0.489 e. The molecule has 5 rings (SSSR count). The summed E-state index contributed by atoms with van der Waals surface area (Å²) in [5.41, 5.74) is 1.11. The highest BCUT2D eigenvalue weighted by Crippen LogP contribution is 2.57. The van der Waals surface area contributed by atoms with Gasteiger partial charge in [0, 0.05) is 11.5 Å². The Labute approximate surface area is 163 Å². The summed E-state index contributed by atoms with van der Waals surface area (Å²) < 4.78 is 16.5. The summed E-state index contributed by atoms with van der Waals surface area (Å²) in [5, 5.41) is 0.440. The number of hydrogen-bond acceptors (Lipinski definition) is 6. The predicted octanol–water partition coefficient (Wildman–Crippen LogP) is 4.18. The zero-order chi connectivity index (χ0) is 19.1. The molecule has 2 aromatic heterocycles. The molecule has 0 unspecified atom stereocenters. The van der Waals surface area contributed by atoms with Crippen molar-refractivity contribution in [2.24, 2.45) is 10.8 Å². The van der Waals surface area contributed by atoms with Gasteiger partial charge in [0.2, 0.25) is 5.88 Å². The summed E-state index contributed by atoms with van der Waals surface area (Å²) in [7, 11) is 3.05. The lowest BCUT2D eigenvalue weighted by Gasteiger charge is -2.51. The van der Waals surface area contributed by atoms with E-state index in [1.165, 1.54) is 7.11 Å². The number of methoxy groups -OCH3 is 2. The number of carbonyl (C=O) groups excluding carboxylic acids is 1. The van der Waals surface area contributed by atoms with Crippen molar-refractivity contribution in [3.05, 3.63) is 23.4 Å². The van der Waals surface area contributed by atoms with Crippen LogP contribution in [0.25, 0.3) is 11.0 Å². The van der Waals surface area contributed by atoms with Crippen LogP contribution in [0.15, 0.2) is 18.3 Å². The highest BCUT2D eigenvalue weighted by molar-refractivity contribution is 6.32. The molecule has 3 fully saturated rings. The number of esters is 1. The van der Waals surface area contributed by atoms with Crippen LogP contribution >= 0.6 is 11.6 Å². The fourth-order valence-corrected chi connectivity index (χ4v) is 4.67. The standard InChI is InChI=1S/C20H23ClN2O4/c1-25-15-4-3-14-16(23-15)17(13(21)11-22-14)27-12-19-5-8-20(9-6-19,10-7-19)18(24)26-2/h3-4,11H,5-10,12H2,1-2H3. The number of halogens is 1. The number of pyridine rings is 2. The van der Waals surface area contributed by atoms with Crippen LogP contribution in [-0.4, -0.2) is 36.8 Å². The lowest BCUT2D eigenvalue weighted by Crippen LogP contribution is -2.48. The van der Waals surface area contributed by atoms with E-state index < -0.39 is 0 Å². The third kappa shape index (κ3) is 3.10. The number of nitrogens with zero attached hydrogens (tertiary/aromatic N) is 2. The van der Waals surface area contributed by atoms with Crippen molar-refractivity contribution in [1.29, 1.82) is 0 Å². The average Bonchev–Trinajstić information content (AvgIpc) is 2.73. The Morgan fingerprint density at radius 1 is 1.15 bits per heavy atom. The Balaban J connectivity index is 1.55. The van der Waals surface area contributed by atoms with Gasteiger partial charge in [0.05, 0.1) is 38.0 Å². The molecule has 7 heteroatoms. The number of carbonyl (C=O) groups is 1. The van der Waals surface area contributed by atoms with Gasteiger partial charge in [-0.3, -0.25) is 9.78 Å². The quantitative estimate of drug-likeness (QED) is 0.713. The summed E-state index contributed by atoms with van der Waals surface area (Å²) in [4.78, 5) is 21.0. The van der Waals surface area contributed by atoms with Crippen molar-refractivity contribution in [1.82, 2.24) is 9.97 Å². The second-order valence-corrected chi connectivity index (χ2v) is 8.12. The number of rotatable bonds is 5. The van der Waals surface area contributed by atoms with Crippen LogP contribution in [-0.2, 0) is 9.53 Å². The molecule has 2 bridgehead atoms. The third-order valence-electron chi connectivity index (χ3n) is 6.35. The molecule has 3 aliphatic rings. The number of ether oxygens (including phenoxy) is 3. The van der Waals surface area contributed by atoms with Gasteiger partial charge in [-0.05, 0) is 44.6 Å². The summed E-state index contributed by atoms with van der Waals surface area (Å²) in [6.45, 7) is 0.558. The van der Waals surface area contributed by atoms with Crippen molar-refractivity contribution in [2.75, 3.05) is 20.8 Å². The van der Waals surface area contributed by atoms with Crippen LogP contribution in [0.1, 0.15) is 38.5 Å². The van der Waals surface area contributed by atoms with E-state index in [9.17, 15) is 4.79 Å². The zero-order valence-corrected chi connectivity index (χ0v) is 16.3. The topological polar surface area (TPSA) is 70.5 Å². The van der Waals surface area contributed by atoms with Crippen molar-refractivity contribution in [3.8, 4) is 11.6 Å². The minimum absolute atomic E-state index is 0.0591. The number of aromatic nitrogens is 2. The molecule has 0 saturated heterocycles. The van der Waals surface area contributed by atoms with E-state index in [1.54, 1.807) is 19.4 Å². The minimum atomic E-state index is -0.285. The summed E-state index contributed by atoms with van der Waals surface area (Å²) >= 11 is 6.37. The summed E-state index contributed by atoms with van der Waals surface area (Å²) in [6.07, 6.45) is 7.05. The lowest BCUT2D eigenvalue weighted by molar-refractivity contribution is -0.163. The van der Waals surface area contributed by atoms with Crippen molar-refractivity contribution in [2.45, 2.75) is 38.5 Å². The highest BCUT2D eigenvalue weighted by Gasteiger charge is 2.53. The molecule has 0 radical (unpaired) electrons. The molecule has 6 nitrogen and oxygen atoms in total. The van der Waals surface area contributed by atoms with Crippen molar-refractivity contribution >= 4 is 28.6 Å². The zero-order valence-electron chi connectivity index (χ0n) is 15.6. The van der Waals surface area contributed by atoms with E-state index in [4.69, 9.17) is 25.8 Å². The molecule has 0 N–H and O–H groups in total. The lowest BCUT2D eigenvalue weighted by atomic mass is 9.54. The molecule has 0 atom stereocenters. The second-order valence-electron chi connectivity index (χ2n) is 7.72. The largest absolute Gasteiger partial charge is 0.489 e. The van der Waals surface area contributed by atoms with Gasteiger partial charge in [0.1, 0.15) is 10.5 Å². The van der Waals surface area contributed by atoms with Crippen LogP contribution in [0.4, 0.5) is 0 Å². The van der Waals surface area contributed by atoms with Gasteiger partial charge in [-0.15, -0.1) is 0 Å². The number of fused-ring (bicyclic) bond motifs is 4. The van der Waals surface area contributed by atoms with E-state index in [1.807, 2.05) is 6.07 Å². The third-order valence-corrected chi connectivity index (χ3v) is 6.62. The molecule has 3 aliphatic carbocycles. The maximum absolute atomic E-state index is 12.2. The second kappa shape index (κ2) is 6.82. The fraction of sp³-hybridized carbons (Fsp3) is 0.550. The van der Waals surface area contributed by atoms with Crippen molar-refractivity contribution in [3.63, 3.8) is 0 Å². The molecule has 144 valence electrons. The Bertz CT molecular complexity index is 861. The van der Waals surface area contributed by atoms with E-state index in [2.05, 4.69) is 9.97 Å². The Morgan fingerprint density at radius 3 is 2.48 bits per heavy atom. The van der Waals surface area contributed by atoms with Gasteiger partial charge in [0.25, 0.3) is 0 Å². The van der Waals surface area contributed by atoms with E-state index in [-0.39, 0.29) is 16.8 Å². The Morgan fingerprint density at radius 2 is 1.85 bits per heavy atom. The normalized spacial score (nSPS) is 26.8. The SMILES string of the molecule is COC(=O)C12CCC(COc3c(Cl)cnc4ccc(OC)nc34)(CC1)CC2. The molecule has 0 amide bonds. The molecule has 0 aliphatic heterocycles. The first-order valence-corrected chi connectivity index (χ1v) is 9.59. The first-order valence-electron chi connectivity index (χ1n) is 9.21.